The van der Waals surface area contributed by atoms with Crippen LogP contribution >= 0.6 is 11.6 Å². The smallest absolute Gasteiger partial charge is 0.123 e. The molecule has 4 heteroatoms. The van der Waals surface area contributed by atoms with Crippen LogP contribution in [0.25, 0.3) is 0 Å². The van der Waals surface area contributed by atoms with Crippen LogP contribution in [0.3, 0.4) is 0 Å². The Morgan fingerprint density at radius 3 is 2.82 bits per heavy atom. The Morgan fingerprint density at radius 2 is 2.00 bits per heavy atom. The molecule has 1 fully saturated rings. The Labute approximate surface area is 134 Å². The Morgan fingerprint density at radius 1 is 1.18 bits per heavy atom. The van der Waals surface area contributed by atoms with Gasteiger partial charge >= 0.3 is 0 Å². The van der Waals surface area contributed by atoms with Crippen molar-refractivity contribution in [1.82, 2.24) is 10.2 Å². The minimum Gasteiger partial charge on any atom is -0.302 e. The van der Waals surface area contributed by atoms with Gasteiger partial charge in [-0.25, -0.2) is 4.39 Å². The molecule has 2 aromatic rings. The summed E-state index contributed by atoms with van der Waals surface area (Å²) in [5, 5.41) is 4.54. The van der Waals surface area contributed by atoms with E-state index in [0.29, 0.717) is 0 Å². The molecule has 114 valence electrons. The lowest BCUT2D eigenvalue weighted by molar-refractivity contribution is 0.286. The molecule has 0 aliphatic carbocycles. The Bertz CT molecular complexity index is 701. The molecule has 4 rings (SSSR count). The lowest BCUT2D eigenvalue weighted by Gasteiger charge is -2.26. The second-order valence-electron chi connectivity index (χ2n) is 6.29. The molecule has 22 heavy (non-hydrogen) atoms. The molecule has 0 amide bonds. The highest BCUT2D eigenvalue weighted by molar-refractivity contribution is 6.31. The van der Waals surface area contributed by atoms with Crippen molar-refractivity contribution in [3.63, 3.8) is 0 Å². The van der Waals surface area contributed by atoms with E-state index in [4.69, 9.17) is 11.6 Å². The summed E-state index contributed by atoms with van der Waals surface area (Å²) in [6.45, 7) is 3.72. The molecule has 2 heterocycles. The monoisotopic (exact) mass is 316 g/mol. The van der Waals surface area contributed by atoms with Gasteiger partial charge in [-0.3, -0.25) is 4.90 Å². The molecule has 1 spiro atoms. The Kier molecular flexibility index (Phi) is 3.44. The van der Waals surface area contributed by atoms with Gasteiger partial charge in [-0.1, -0.05) is 35.9 Å². The molecule has 0 aromatic heterocycles. The molecule has 2 aliphatic rings. The average molecular weight is 317 g/mol. The largest absolute Gasteiger partial charge is 0.302 e. The van der Waals surface area contributed by atoms with Gasteiger partial charge in [0.1, 0.15) is 5.82 Å². The van der Waals surface area contributed by atoms with Crippen LogP contribution in [0.15, 0.2) is 42.5 Å². The third-order valence-corrected chi connectivity index (χ3v) is 5.26. The van der Waals surface area contributed by atoms with Crippen molar-refractivity contribution < 1.29 is 4.39 Å². The van der Waals surface area contributed by atoms with E-state index in [1.54, 1.807) is 0 Å². The summed E-state index contributed by atoms with van der Waals surface area (Å²) >= 11 is 6.32. The van der Waals surface area contributed by atoms with Gasteiger partial charge in [0.2, 0.25) is 0 Å². The Hall–Kier alpha value is -1.42. The highest BCUT2D eigenvalue weighted by Crippen LogP contribution is 2.41. The van der Waals surface area contributed by atoms with E-state index in [0.717, 1.165) is 43.2 Å². The summed E-state index contributed by atoms with van der Waals surface area (Å²) in [6.07, 6.45) is 1.08. The molecule has 2 aromatic carbocycles. The van der Waals surface area contributed by atoms with Gasteiger partial charge in [-0.05, 0) is 41.3 Å². The lowest BCUT2D eigenvalue weighted by atomic mass is 9.90. The number of nitrogens with zero attached hydrogens (tertiary/aromatic N) is 1. The molecule has 1 N–H and O–H groups in total. The fourth-order valence-electron chi connectivity index (χ4n) is 3.78. The molecule has 2 nitrogen and oxygen atoms in total. The van der Waals surface area contributed by atoms with E-state index in [1.165, 1.54) is 23.3 Å². The number of benzene rings is 2. The van der Waals surface area contributed by atoms with E-state index in [1.807, 2.05) is 24.3 Å². The summed E-state index contributed by atoms with van der Waals surface area (Å²) in [5.74, 6) is -0.178. The molecule has 0 bridgehead atoms. The third kappa shape index (κ3) is 2.34. The van der Waals surface area contributed by atoms with Gasteiger partial charge in [0.15, 0.2) is 0 Å². The molecule has 0 radical (unpaired) electrons. The first-order valence-corrected chi connectivity index (χ1v) is 8.04. The first-order valence-electron chi connectivity index (χ1n) is 7.66. The predicted molar refractivity (Wildman–Crippen MR) is 86.3 cm³/mol. The first-order chi connectivity index (χ1) is 10.7. The molecule has 1 atom stereocenters. The molecule has 0 saturated carbocycles. The molecular formula is C18H18ClFN2. The number of halogens is 2. The molecule has 1 saturated heterocycles. The fraction of sp³-hybridized carbons (Fsp3) is 0.333. The lowest BCUT2D eigenvalue weighted by Crippen LogP contribution is -2.39. The average Bonchev–Trinajstić information content (AvgIpc) is 3.09. The quantitative estimate of drug-likeness (QED) is 0.909. The van der Waals surface area contributed by atoms with Gasteiger partial charge in [0.25, 0.3) is 0 Å². The van der Waals surface area contributed by atoms with Crippen molar-refractivity contribution in [2.45, 2.75) is 25.0 Å². The van der Waals surface area contributed by atoms with Gasteiger partial charge in [-0.2, -0.15) is 0 Å². The van der Waals surface area contributed by atoms with Crippen molar-refractivity contribution in [3.8, 4) is 0 Å². The van der Waals surface area contributed by atoms with E-state index in [9.17, 15) is 4.39 Å². The summed E-state index contributed by atoms with van der Waals surface area (Å²) in [7, 11) is 0. The maximum atomic E-state index is 13.0. The van der Waals surface area contributed by atoms with E-state index >= 15 is 0 Å². The van der Waals surface area contributed by atoms with Crippen LogP contribution < -0.4 is 5.32 Å². The normalized spacial score (nSPS) is 24.1. The van der Waals surface area contributed by atoms with Crippen LogP contribution in [0.5, 0.6) is 0 Å². The van der Waals surface area contributed by atoms with Gasteiger partial charge in [0.05, 0.1) is 5.54 Å². The van der Waals surface area contributed by atoms with Crippen molar-refractivity contribution in [2.75, 3.05) is 13.1 Å². The van der Waals surface area contributed by atoms with Crippen molar-refractivity contribution in [2.24, 2.45) is 0 Å². The number of rotatable bonds is 2. The maximum absolute atomic E-state index is 13.0. The van der Waals surface area contributed by atoms with Crippen molar-refractivity contribution in [1.29, 1.82) is 0 Å². The number of likely N-dealkylation sites (tertiary alicyclic amines) is 1. The molecule has 2 aliphatic heterocycles. The van der Waals surface area contributed by atoms with Crippen LogP contribution in [-0.4, -0.2) is 18.0 Å². The zero-order chi connectivity index (χ0) is 15.2. The number of fused-ring (bicyclic) bond motifs is 2. The second-order valence-corrected chi connectivity index (χ2v) is 6.70. The van der Waals surface area contributed by atoms with Crippen molar-refractivity contribution >= 4 is 11.6 Å². The predicted octanol–water partition coefficient (Wildman–Crippen LogP) is 3.68. The SMILES string of the molecule is Fc1ccc(CN2CCC3(C2)NCc2c(Cl)cccc23)cc1. The summed E-state index contributed by atoms with van der Waals surface area (Å²) < 4.78 is 13.0. The van der Waals surface area contributed by atoms with Gasteiger partial charge in [0, 0.05) is 31.2 Å². The summed E-state index contributed by atoms with van der Waals surface area (Å²) in [4.78, 5) is 2.43. The van der Waals surface area contributed by atoms with Crippen molar-refractivity contribution in [3.05, 3.63) is 70.0 Å². The van der Waals surface area contributed by atoms with Crippen LogP contribution in [-0.2, 0) is 18.6 Å². The highest BCUT2D eigenvalue weighted by atomic mass is 35.5. The Balaban J connectivity index is 1.54. The van der Waals surface area contributed by atoms with E-state index in [-0.39, 0.29) is 11.4 Å². The zero-order valence-electron chi connectivity index (χ0n) is 12.3. The maximum Gasteiger partial charge on any atom is 0.123 e. The zero-order valence-corrected chi connectivity index (χ0v) is 13.0. The van der Waals surface area contributed by atoms with Crippen LogP contribution in [0.2, 0.25) is 5.02 Å². The molecular weight excluding hydrogens is 299 g/mol. The van der Waals surface area contributed by atoms with E-state index in [2.05, 4.69) is 16.3 Å². The topological polar surface area (TPSA) is 15.3 Å². The summed E-state index contributed by atoms with van der Waals surface area (Å²) in [5.41, 5.74) is 3.78. The number of hydrogen-bond acceptors (Lipinski definition) is 2. The minimum atomic E-state index is -0.178. The van der Waals surface area contributed by atoms with Gasteiger partial charge in [-0.15, -0.1) is 0 Å². The number of nitrogens with one attached hydrogen (secondary N) is 1. The van der Waals surface area contributed by atoms with E-state index < -0.39 is 0 Å². The molecule has 1 unspecified atom stereocenters. The minimum absolute atomic E-state index is 0.0280. The standard InChI is InChI=1S/C18H18ClFN2/c19-17-3-1-2-16-15(17)10-21-18(16)8-9-22(12-18)11-13-4-6-14(20)7-5-13/h1-7,21H,8-12H2. The van der Waals surface area contributed by atoms with Crippen LogP contribution in [0, 0.1) is 5.82 Å². The highest BCUT2D eigenvalue weighted by Gasteiger charge is 2.44. The second kappa shape index (κ2) is 5.34. The number of hydrogen-bond donors (Lipinski definition) is 1. The van der Waals surface area contributed by atoms with Crippen LogP contribution in [0.4, 0.5) is 4.39 Å². The third-order valence-electron chi connectivity index (χ3n) is 4.91. The summed E-state index contributed by atoms with van der Waals surface area (Å²) in [6, 6.07) is 13.0. The van der Waals surface area contributed by atoms with Gasteiger partial charge < -0.3 is 5.32 Å². The fourth-order valence-corrected chi connectivity index (χ4v) is 4.02. The van der Waals surface area contributed by atoms with Crippen LogP contribution in [0.1, 0.15) is 23.1 Å². The first kappa shape index (κ1) is 14.2.